The van der Waals surface area contributed by atoms with Gasteiger partial charge in [0.25, 0.3) is 6.71 Å². The van der Waals surface area contributed by atoms with Crippen LogP contribution in [0.4, 0.5) is 51.3 Å². The van der Waals surface area contributed by atoms with E-state index in [2.05, 4.69) is 288 Å². The number of nitrogens with zero attached hydrogens (tertiary/aromatic N) is 5. The van der Waals surface area contributed by atoms with Crippen LogP contribution in [-0.2, 0) is 16.2 Å². The van der Waals surface area contributed by atoms with E-state index in [1.54, 1.807) is 0 Å². The van der Waals surface area contributed by atoms with Gasteiger partial charge >= 0.3 is 0 Å². The van der Waals surface area contributed by atoms with Crippen LogP contribution in [0, 0.1) is 0 Å². The molecule has 6 heteroatoms. The number of pyridine rings is 1. The van der Waals surface area contributed by atoms with Crippen LogP contribution in [0.25, 0.3) is 27.7 Å². The molecule has 4 heterocycles. The predicted octanol–water partition coefficient (Wildman–Crippen LogP) is 16.1. The van der Waals surface area contributed by atoms with Crippen molar-refractivity contribution in [2.75, 3.05) is 14.7 Å². The molecule has 0 saturated carbocycles. The Morgan fingerprint density at radius 2 is 0.986 bits per heavy atom. The molecule has 0 amide bonds. The third-order valence-electron chi connectivity index (χ3n) is 15.0. The fourth-order valence-electron chi connectivity index (χ4n) is 11.3. The van der Waals surface area contributed by atoms with Crippen LogP contribution in [-0.4, -0.2) is 16.3 Å². The van der Waals surface area contributed by atoms with Gasteiger partial charge in [-0.15, -0.1) is 0 Å². The van der Waals surface area contributed by atoms with Crippen molar-refractivity contribution in [2.45, 2.75) is 78.6 Å². The van der Waals surface area contributed by atoms with Crippen molar-refractivity contribution < 1.29 is 0 Å². The van der Waals surface area contributed by atoms with Crippen molar-refractivity contribution in [1.82, 2.24) is 9.55 Å². The van der Waals surface area contributed by atoms with Gasteiger partial charge in [-0.3, -0.25) is 14.5 Å². The van der Waals surface area contributed by atoms with E-state index in [1.807, 2.05) is 6.20 Å². The van der Waals surface area contributed by atoms with Crippen LogP contribution >= 0.6 is 0 Å². The lowest BCUT2D eigenvalue weighted by Gasteiger charge is -2.44. The van der Waals surface area contributed by atoms with Gasteiger partial charge in [0.1, 0.15) is 5.82 Å². The Kier molecular flexibility index (Phi) is 10.9. The van der Waals surface area contributed by atoms with Gasteiger partial charge in [-0.25, -0.2) is 0 Å². The molecule has 0 saturated heterocycles. The van der Waals surface area contributed by atoms with E-state index in [9.17, 15) is 0 Å². The van der Waals surface area contributed by atoms with E-state index in [0.29, 0.717) is 0 Å². The SMILES string of the molecule is CC(C)(C)c1ccc(-c2cccc(N3c4cccc5c4B(c4ccc(N(c6ccc(C(C)(C)C)cc6)c6ccc(C(C)(C)C)nc6)cc4N5c4ccccc4)c4c3n(-c3ccccc3)c3ccccc43)c2)cc1. The molecule has 10 aromatic rings. The summed E-state index contributed by atoms with van der Waals surface area (Å²) in [6.45, 7) is 20.2. The Balaban J connectivity index is 1.12. The van der Waals surface area contributed by atoms with Crippen LogP contribution in [0.1, 0.15) is 79.1 Å². The molecule has 5 nitrogen and oxygen atoms in total. The summed E-state index contributed by atoms with van der Waals surface area (Å²) in [5, 5.41) is 1.24. The predicted molar refractivity (Wildman–Crippen MR) is 311 cm³/mol. The van der Waals surface area contributed by atoms with Crippen LogP contribution < -0.4 is 31.1 Å². The highest BCUT2D eigenvalue weighted by Gasteiger charge is 2.46. The molecule has 0 fully saturated rings. The zero-order valence-corrected chi connectivity index (χ0v) is 43.5. The lowest BCUT2D eigenvalue weighted by molar-refractivity contribution is 0.569. The Hall–Kier alpha value is -8.09. The highest BCUT2D eigenvalue weighted by molar-refractivity contribution is 7.01. The van der Waals surface area contributed by atoms with Crippen LogP contribution in [0.3, 0.4) is 0 Å². The second-order valence-electron chi connectivity index (χ2n) is 23.0. The summed E-state index contributed by atoms with van der Waals surface area (Å²) in [6, 6.07) is 76.7. The summed E-state index contributed by atoms with van der Waals surface area (Å²) < 4.78 is 2.50. The maximum Gasteiger partial charge on any atom is 0.255 e. The average molecular weight is 948 g/mol. The third kappa shape index (κ3) is 7.92. The molecule has 8 aromatic carbocycles. The number of rotatable bonds is 7. The maximum atomic E-state index is 5.09. The quantitative estimate of drug-likeness (QED) is 0.149. The molecule has 0 aliphatic carbocycles. The summed E-state index contributed by atoms with van der Waals surface area (Å²) in [5.74, 6) is 1.15. The second-order valence-corrected chi connectivity index (χ2v) is 23.0. The van der Waals surface area contributed by atoms with Gasteiger partial charge in [0.05, 0.1) is 17.4 Å². The molecular formula is C67H62BN5. The zero-order chi connectivity index (χ0) is 50.4. The molecular weight excluding hydrogens is 886 g/mol. The second kappa shape index (κ2) is 17.3. The number of fused-ring (bicyclic) bond motifs is 6. The van der Waals surface area contributed by atoms with Gasteiger partial charge in [0.2, 0.25) is 0 Å². The standard InChI is InChI=1S/C67H62BN5/c1-65(2,3)47-32-30-45(31-33-47)46-20-18-25-52(42-46)73-59-29-19-28-58-63(59)68(62-55-26-16-17-27-57(55)72(64(62)73)50-23-14-11-15-24-50)56-40-38-53(43-60(56)71(58)49-21-12-10-13-22-49)70(51-36-34-48(35-37-51)66(4,5)6)54-39-41-61(69-44-54)67(7,8)9/h10-44H,1-9H3. The van der Waals surface area contributed by atoms with Crippen LogP contribution in [0.5, 0.6) is 0 Å². The smallest absolute Gasteiger partial charge is 0.255 e. The minimum absolute atomic E-state index is 0.0206. The van der Waals surface area contributed by atoms with Gasteiger partial charge in [-0.05, 0) is 146 Å². The Bertz CT molecular complexity index is 3610. The monoisotopic (exact) mass is 948 g/mol. The van der Waals surface area contributed by atoms with Crippen molar-refractivity contribution in [2.24, 2.45) is 0 Å². The number of hydrogen-bond acceptors (Lipinski definition) is 4. The highest BCUT2D eigenvalue weighted by atomic mass is 15.3. The first-order chi connectivity index (χ1) is 35.1. The first-order valence-electron chi connectivity index (χ1n) is 25.8. The summed E-state index contributed by atoms with van der Waals surface area (Å²) in [6.07, 6.45) is 2.05. The van der Waals surface area contributed by atoms with Gasteiger partial charge in [0.15, 0.2) is 0 Å². The van der Waals surface area contributed by atoms with Crippen LogP contribution in [0.2, 0.25) is 0 Å². The van der Waals surface area contributed by atoms with E-state index in [4.69, 9.17) is 4.98 Å². The number of para-hydroxylation sites is 3. The summed E-state index contributed by atoms with van der Waals surface area (Å²) in [7, 11) is 0. The molecule has 2 aliphatic rings. The lowest BCUT2D eigenvalue weighted by Crippen LogP contribution is -2.61. The van der Waals surface area contributed by atoms with E-state index in [0.717, 1.165) is 62.7 Å². The van der Waals surface area contributed by atoms with Crippen LogP contribution in [0.15, 0.2) is 212 Å². The molecule has 0 unspecified atom stereocenters. The Morgan fingerprint density at radius 1 is 0.411 bits per heavy atom. The summed E-state index contributed by atoms with van der Waals surface area (Å²) in [5.41, 5.74) is 21.0. The molecule has 2 aliphatic heterocycles. The molecule has 358 valence electrons. The van der Waals surface area contributed by atoms with E-state index >= 15 is 0 Å². The summed E-state index contributed by atoms with van der Waals surface area (Å²) >= 11 is 0. The number of aromatic nitrogens is 2. The molecule has 0 N–H and O–H groups in total. The molecule has 2 aromatic heterocycles. The Morgan fingerprint density at radius 3 is 1.63 bits per heavy atom. The number of benzene rings is 8. The van der Waals surface area contributed by atoms with E-state index < -0.39 is 0 Å². The van der Waals surface area contributed by atoms with Gasteiger partial charge in [-0.1, -0.05) is 178 Å². The van der Waals surface area contributed by atoms with Crippen molar-refractivity contribution in [3.05, 3.63) is 229 Å². The van der Waals surface area contributed by atoms with Crippen molar-refractivity contribution in [1.29, 1.82) is 0 Å². The van der Waals surface area contributed by atoms with Crippen molar-refractivity contribution >= 4 is 85.3 Å². The lowest BCUT2D eigenvalue weighted by atomic mass is 9.33. The topological polar surface area (TPSA) is 27.5 Å². The largest absolute Gasteiger partial charge is 0.311 e. The molecule has 0 bridgehead atoms. The molecule has 12 rings (SSSR count). The minimum atomic E-state index is -0.100. The Labute approximate surface area is 432 Å². The average Bonchev–Trinajstić information content (AvgIpc) is 3.75. The fourth-order valence-corrected chi connectivity index (χ4v) is 11.3. The van der Waals surface area contributed by atoms with Gasteiger partial charge in [-0.2, -0.15) is 0 Å². The van der Waals surface area contributed by atoms with E-state index in [1.165, 1.54) is 49.5 Å². The molecule has 73 heavy (non-hydrogen) atoms. The zero-order valence-electron chi connectivity index (χ0n) is 43.5. The van der Waals surface area contributed by atoms with Gasteiger partial charge in [0, 0.05) is 56.6 Å². The highest BCUT2D eigenvalue weighted by Crippen LogP contribution is 2.48. The fraction of sp³-hybridized carbons (Fsp3) is 0.179. The molecule has 0 radical (unpaired) electrons. The maximum absolute atomic E-state index is 5.09. The minimum Gasteiger partial charge on any atom is -0.311 e. The third-order valence-corrected chi connectivity index (χ3v) is 15.0. The molecule has 0 atom stereocenters. The first-order valence-corrected chi connectivity index (χ1v) is 25.8. The van der Waals surface area contributed by atoms with Crippen molar-refractivity contribution in [3.63, 3.8) is 0 Å². The first kappa shape index (κ1) is 46.0. The van der Waals surface area contributed by atoms with E-state index in [-0.39, 0.29) is 23.0 Å². The van der Waals surface area contributed by atoms with Crippen molar-refractivity contribution in [3.8, 4) is 16.8 Å². The summed E-state index contributed by atoms with van der Waals surface area (Å²) in [4.78, 5) is 12.5. The van der Waals surface area contributed by atoms with Gasteiger partial charge < -0.3 is 9.80 Å². The number of anilines is 9. The number of hydrogen-bond donors (Lipinski definition) is 0. The molecule has 0 spiro atoms. The normalized spacial score (nSPS) is 13.2.